The van der Waals surface area contributed by atoms with E-state index in [0.717, 1.165) is 11.1 Å². The van der Waals surface area contributed by atoms with Gasteiger partial charge < -0.3 is 9.47 Å². The fourth-order valence-electron chi connectivity index (χ4n) is 3.30. The Balaban J connectivity index is 1.74. The van der Waals surface area contributed by atoms with E-state index < -0.39 is 18.0 Å². The number of ether oxygens (including phenoxy) is 2. The standard InChI is InChI=1S/C23H24F3NO3/c1-29-21(28)22(13-14-22)20(27-16-17-6-3-2-4-7-17)18-8-10-19(11-9-18)30-15-5-12-23(24,25)26/h2-4,6-11H,5,12-16H2,1H3. The van der Waals surface area contributed by atoms with Gasteiger partial charge in [-0.2, -0.15) is 13.2 Å². The van der Waals surface area contributed by atoms with E-state index in [1.54, 1.807) is 24.3 Å². The third kappa shape index (κ3) is 5.62. The summed E-state index contributed by atoms with van der Waals surface area (Å²) >= 11 is 0. The molecule has 1 aliphatic rings. The van der Waals surface area contributed by atoms with Gasteiger partial charge in [0.15, 0.2) is 0 Å². The SMILES string of the molecule is COC(=O)C1(C(=NCc2ccccc2)c2ccc(OCCCC(F)(F)F)cc2)CC1. The molecule has 0 amide bonds. The molecule has 2 aromatic carbocycles. The van der Waals surface area contributed by atoms with E-state index in [1.807, 2.05) is 30.3 Å². The maximum absolute atomic E-state index is 12.4. The van der Waals surface area contributed by atoms with Gasteiger partial charge in [-0.15, -0.1) is 0 Å². The normalized spacial score (nSPS) is 15.5. The second-order valence-electron chi connectivity index (χ2n) is 7.32. The molecule has 30 heavy (non-hydrogen) atoms. The van der Waals surface area contributed by atoms with Crippen molar-refractivity contribution in [3.8, 4) is 5.75 Å². The summed E-state index contributed by atoms with van der Waals surface area (Å²) in [6.07, 6.45) is -3.81. The average molecular weight is 419 g/mol. The van der Waals surface area contributed by atoms with Crippen molar-refractivity contribution in [3.63, 3.8) is 0 Å². The number of aliphatic imine (C=N–C) groups is 1. The van der Waals surface area contributed by atoms with Crippen LogP contribution in [0.1, 0.15) is 36.8 Å². The first-order chi connectivity index (χ1) is 14.3. The van der Waals surface area contributed by atoms with Crippen LogP contribution in [0.2, 0.25) is 0 Å². The number of alkyl halides is 3. The van der Waals surface area contributed by atoms with Crippen LogP contribution < -0.4 is 4.74 Å². The minimum absolute atomic E-state index is 0.0140. The van der Waals surface area contributed by atoms with E-state index in [2.05, 4.69) is 0 Å². The summed E-state index contributed by atoms with van der Waals surface area (Å²) in [5.74, 6) is 0.174. The van der Waals surface area contributed by atoms with Gasteiger partial charge in [-0.3, -0.25) is 9.79 Å². The van der Waals surface area contributed by atoms with Gasteiger partial charge in [-0.25, -0.2) is 0 Å². The Morgan fingerprint density at radius 1 is 1.07 bits per heavy atom. The molecule has 0 bridgehead atoms. The summed E-state index contributed by atoms with van der Waals surface area (Å²) < 4.78 is 47.1. The molecule has 0 heterocycles. The highest BCUT2D eigenvalue weighted by Crippen LogP contribution is 2.50. The molecule has 0 N–H and O–H groups in total. The number of benzene rings is 2. The van der Waals surface area contributed by atoms with E-state index in [0.29, 0.717) is 30.8 Å². The van der Waals surface area contributed by atoms with Crippen molar-refractivity contribution in [2.75, 3.05) is 13.7 Å². The Labute approximate surface area is 173 Å². The topological polar surface area (TPSA) is 47.9 Å². The molecule has 4 nitrogen and oxygen atoms in total. The highest BCUT2D eigenvalue weighted by Gasteiger charge is 2.55. The Morgan fingerprint density at radius 2 is 1.73 bits per heavy atom. The fraction of sp³-hybridized carbons (Fsp3) is 0.391. The van der Waals surface area contributed by atoms with E-state index in [4.69, 9.17) is 14.5 Å². The van der Waals surface area contributed by atoms with E-state index >= 15 is 0 Å². The van der Waals surface area contributed by atoms with Gasteiger partial charge in [-0.05, 0) is 54.7 Å². The molecule has 2 aromatic rings. The van der Waals surface area contributed by atoms with Crippen molar-refractivity contribution in [1.82, 2.24) is 0 Å². The predicted octanol–water partition coefficient (Wildman–Crippen LogP) is 5.35. The largest absolute Gasteiger partial charge is 0.494 e. The molecule has 0 unspecified atom stereocenters. The number of nitrogens with zero attached hydrogens (tertiary/aromatic N) is 1. The second-order valence-corrected chi connectivity index (χ2v) is 7.32. The average Bonchev–Trinajstić information content (AvgIpc) is 3.53. The van der Waals surface area contributed by atoms with Gasteiger partial charge in [0.1, 0.15) is 11.2 Å². The number of methoxy groups -OCH3 is 1. The quantitative estimate of drug-likeness (QED) is 0.313. The molecule has 0 radical (unpaired) electrons. The van der Waals surface area contributed by atoms with Crippen molar-refractivity contribution >= 4 is 11.7 Å². The summed E-state index contributed by atoms with van der Waals surface area (Å²) in [5, 5.41) is 0. The third-order valence-corrected chi connectivity index (χ3v) is 5.04. The maximum atomic E-state index is 12.4. The minimum Gasteiger partial charge on any atom is -0.494 e. The van der Waals surface area contributed by atoms with Crippen molar-refractivity contribution < 1.29 is 27.4 Å². The number of carbonyl (C=O) groups excluding carboxylic acids is 1. The molecule has 0 aliphatic heterocycles. The lowest BCUT2D eigenvalue weighted by molar-refractivity contribution is -0.144. The van der Waals surface area contributed by atoms with Crippen LogP contribution in [0.25, 0.3) is 0 Å². The summed E-state index contributed by atoms with van der Waals surface area (Å²) in [7, 11) is 1.37. The van der Waals surface area contributed by atoms with Gasteiger partial charge in [0, 0.05) is 6.42 Å². The van der Waals surface area contributed by atoms with E-state index in [9.17, 15) is 18.0 Å². The lowest BCUT2D eigenvalue weighted by Crippen LogP contribution is -2.28. The van der Waals surface area contributed by atoms with Crippen LogP contribution in [-0.4, -0.2) is 31.6 Å². The lowest BCUT2D eigenvalue weighted by atomic mass is 9.93. The number of hydrogen-bond acceptors (Lipinski definition) is 4. The van der Waals surface area contributed by atoms with Crippen LogP contribution in [0.3, 0.4) is 0 Å². The van der Waals surface area contributed by atoms with Crippen molar-refractivity contribution in [3.05, 3.63) is 65.7 Å². The monoisotopic (exact) mass is 419 g/mol. The lowest BCUT2D eigenvalue weighted by Gasteiger charge is -2.17. The van der Waals surface area contributed by atoms with Gasteiger partial charge in [0.05, 0.1) is 26.0 Å². The zero-order valence-electron chi connectivity index (χ0n) is 16.7. The molecule has 0 saturated heterocycles. The Hall–Kier alpha value is -2.83. The van der Waals surface area contributed by atoms with Crippen molar-refractivity contribution in [2.24, 2.45) is 10.4 Å². The smallest absolute Gasteiger partial charge is 0.389 e. The third-order valence-electron chi connectivity index (χ3n) is 5.04. The highest BCUT2D eigenvalue weighted by atomic mass is 19.4. The summed E-state index contributed by atoms with van der Waals surface area (Å²) in [6.45, 7) is 0.421. The van der Waals surface area contributed by atoms with Gasteiger partial charge in [-0.1, -0.05) is 30.3 Å². The van der Waals surface area contributed by atoms with Crippen LogP contribution in [-0.2, 0) is 16.1 Å². The van der Waals surface area contributed by atoms with Crippen molar-refractivity contribution in [2.45, 2.75) is 38.4 Å². The molecular formula is C23H24F3NO3. The second kappa shape index (κ2) is 9.32. The molecule has 7 heteroatoms. The number of halogens is 3. The van der Waals surface area contributed by atoms with Crippen LogP contribution in [0.5, 0.6) is 5.75 Å². The molecule has 160 valence electrons. The Kier molecular flexibility index (Phi) is 6.80. The first-order valence-electron chi connectivity index (χ1n) is 9.81. The molecular weight excluding hydrogens is 395 g/mol. The van der Waals surface area contributed by atoms with Crippen molar-refractivity contribution in [1.29, 1.82) is 0 Å². The summed E-state index contributed by atoms with van der Waals surface area (Å²) in [5.41, 5.74) is 1.73. The van der Waals surface area contributed by atoms with E-state index in [-0.39, 0.29) is 19.0 Å². The van der Waals surface area contributed by atoms with E-state index in [1.165, 1.54) is 7.11 Å². The molecule has 1 fully saturated rings. The highest BCUT2D eigenvalue weighted by molar-refractivity contribution is 6.17. The number of hydrogen-bond donors (Lipinski definition) is 0. The number of carbonyl (C=O) groups is 1. The minimum atomic E-state index is -4.18. The molecule has 1 aliphatic carbocycles. The first-order valence-corrected chi connectivity index (χ1v) is 9.81. The molecule has 0 aromatic heterocycles. The van der Waals surface area contributed by atoms with Crippen LogP contribution in [0.15, 0.2) is 59.6 Å². The predicted molar refractivity (Wildman–Crippen MR) is 108 cm³/mol. The Morgan fingerprint density at radius 3 is 2.30 bits per heavy atom. The van der Waals surface area contributed by atoms with Gasteiger partial charge in [0.2, 0.25) is 0 Å². The summed E-state index contributed by atoms with van der Waals surface area (Å²) in [4.78, 5) is 17.2. The molecule has 1 saturated carbocycles. The van der Waals surface area contributed by atoms with Crippen LogP contribution in [0.4, 0.5) is 13.2 Å². The summed E-state index contributed by atoms with van der Waals surface area (Å²) in [6, 6.07) is 16.7. The number of rotatable bonds is 9. The van der Waals surface area contributed by atoms with Crippen LogP contribution >= 0.6 is 0 Å². The number of esters is 1. The molecule has 0 atom stereocenters. The zero-order valence-corrected chi connectivity index (χ0v) is 16.7. The van der Waals surface area contributed by atoms with Gasteiger partial charge in [0.25, 0.3) is 0 Å². The zero-order chi connectivity index (χ0) is 21.6. The van der Waals surface area contributed by atoms with Crippen LogP contribution in [0, 0.1) is 5.41 Å². The fourth-order valence-corrected chi connectivity index (χ4v) is 3.30. The van der Waals surface area contributed by atoms with Gasteiger partial charge >= 0.3 is 12.1 Å². The Bertz CT molecular complexity index is 873. The molecule has 0 spiro atoms. The first kappa shape index (κ1) is 21.9. The maximum Gasteiger partial charge on any atom is 0.389 e. The molecule has 3 rings (SSSR count).